The van der Waals surface area contributed by atoms with Gasteiger partial charge in [-0.2, -0.15) is 0 Å². The highest BCUT2D eigenvalue weighted by Gasteiger charge is 2.43. The van der Waals surface area contributed by atoms with Crippen LogP contribution in [0.25, 0.3) is 0 Å². The third kappa shape index (κ3) is 1.47. The molecule has 3 heteroatoms. The summed E-state index contributed by atoms with van der Waals surface area (Å²) in [5.41, 5.74) is 0.516. The predicted octanol–water partition coefficient (Wildman–Crippen LogP) is 0.888. The molecule has 0 aromatic carbocycles. The summed E-state index contributed by atoms with van der Waals surface area (Å²) in [6, 6.07) is 0.704. The molecule has 3 nitrogen and oxygen atoms in total. The molecule has 3 saturated heterocycles. The average Bonchev–Trinajstić information content (AvgIpc) is 2.91. The number of ether oxygens (including phenoxy) is 2. The molecule has 0 aromatic rings. The zero-order chi connectivity index (χ0) is 9.43. The Morgan fingerprint density at radius 1 is 1.14 bits per heavy atom. The van der Waals surface area contributed by atoms with Gasteiger partial charge >= 0.3 is 0 Å². The summed E-state index contributed by atoms with van der Waals surface area (Å²) in [6.07, 6.45) is 3.84. The van der Waals surface area contributed by atoms with Gasteiger partial charge in [0.15, 0.2) is 0 Å². The molecule has 3 fully saturated rings. The van der Waals surface area contributed by atoms with Gasteiger partial charge in [-0.15, -0.1) is 0 Å². The Labute approximate surface area is 85.4 Å². The lowest BCUT2D eigenvalue weighted by Gasteiger charge is -2.25. The van der Waals surface area contributed by atoms with Crippen LogP contribution in [0, 0.1) is 5.41 Å². The molecule has 80 valence electrons. The molecular formula is C11H19NO2. The van der Waals surface area contributed by atoms with Gasteiger partial charge in [-0.3, -0.25) is 4.90 Å². The molecule has 2 atom stereocenters. The van der Waals surface area contributed by atoms with Crippen molar-refractivity contribution in [3.8, 4) is 0 Å². The largest absolute Gasteiger partial charge is 0.381 e. The zero-order valence-corrected chi connectivity index (χ0v) is 8.71. The first-order valence-corrected chi connectivity index (χ1v) is 5.78. The fourth-order valence-electron chi connectivity index (χ4n) is 3.06. The van der Waals surface area contributed by atoms with Crippen LogP contribution in [0.4, 0.5) is 0 Å². The Morgan fingerprint density at radius 3 is 2.86 bits per heavy atom. The van der Waals surface area contributed by atoms with Crippen LogP contribution in [0.15, 0.2) is 0 Å². The maximum Gasteiger partial charge on any atom is 0.0622 e. The normalized spacial score (nSPS) is 44.1. The number of rotatable bonds is 1. The quantitative estimate of drug-likeness (QED) is 0.623. The van der Waals surface area contributed by atoms with E-state index in [1.54, 1.807) is 0 Å². The van der Waals surface area contributed by atoms with Gasteiger partial charge in [-0.05, 0) is 25.8 Å². The van der Waals surface area contributed by atoms with Crippen LogP contribution in [-0.2, 0) is 9.47 Å². The van der Waals surface area contributed by atoms with Crippen molar-refractivity contribution in [3.05, 3.63) is 0 Å². The molecule has 0 aromatic heterocycles. The third-order valence-electron chi connectivity index (χ3n) is 4.07. The first-order valence-electron chi connectivity index (χ1n) is 5.78. The van der Waals surface area contributed by atoms with Crippen molar-refractivity contribution in [3.63, 3.8) is 0 Å². The summed E-state index contributed by atoms with van der Waals surface area (Å²) in [4.78, 5) is 2.63. The van der Waals surface area contributed by atoms with Crippen molar-refractivity contribution in [2.45, 2.75) is 25.3 Å². The second-order valence-electron chi connectivity index (χ2n) is 5.04. The van der Waals surface area contributed by atoms with E-state index < -0.39 is 0 Å². The summed E-state index contributed by atoms with van der Waals surface area (Å²) in [6.45, 7) is 6.41. The first kappa shape index (κ1) is 9.13. The molecule has 0 saturated carbocycles. The minimum atomic E-state index is 0.516. The van der Waals surface area contributed by atoms with Crippen LogP contribution in [0.3, 0.4) is 0 Å². The molecule has 1 spiro atoms. The molecule has 0 radical (unpaired) electrons. The van der Waals surface area contributed by atoms with E-state index >= 15 is 0 Å². The van der Waals surface area contributed by atoms with E-state index in [0.717, 1.165) is 26.4 Å². The van der Waals surface area contributed by atoms with Crippen molar-refractivity contribution >= 4 is 0 Å². The van der Waals surface area contributed by atoms with E-state index in [9.17, 15) is 0 Å². The topological polar surface area (TPSA) is 21.7 Å². The molecule has 0 amide bonds. The lowest BCUT2D eigenvalue weighted by atomic mass is 9.87. The van der Waals surface area contributed by atoms with Crippen LogP contribution >= 0.6 is 0 Å². The van der Waals surface area contributed by atoms with Crippen LogP contribution in [0.1, 0.15) is 19.3 Å². The Balaban J connectivity index is 1.63. The van der Waals surface area contributed by atoms with Gasteiger partial charge in [0.2, 0.25) is 0 Å². The SMILES string of the molecule is C1CC(N2CCC3(CCOC3)C2)CO1. The summed E-state index contributed by atoms with van der Waals surface area (Å²) < 4.78 is 11.0. The fraction of sp³-hybridized carbons (Fsp3) is 1.00. The molecule has 0 aliphatic carbocycles. The summed E-state index contributed by atoms with van der Waals surface area (Å²) >= 11 is 0. The van der Waals surface area contributed by atoms with Gasteiger partial charge in [0.05, 0.1) is 13.2 Å². The lowest BCUT2D eigenvalue weighted by Crippen LogP contribution is -2.36. The summed E-state index contributed by atoms with van der Waals surface area (Å²) in [5, 5.41) is 0. The van der Waals surface area contributed by atoms with Gasteiger partial charge in [0.25, 0.3) is 0 Å². The lowest BCUT2D eigenvalue weighted by molar-refractivity contribution is 0.133. The summed E-state index contributed by atoms with van der Waals surface area (Å²) in [5.74, 6) is 0. The zero-order valence-electron chi connectivity index (χ0n) is 8.71. The average molecular weight is 197 g/mol. The van der Waals surface area contributed by atoms with E-state index in [-0.39, 0.29) is 0 Å². The van der Waals surface area contributed by atoms with Crippen molar-refractivity contribution in [2.24, 2.45) is 5.41 Å². The monoisotopic (exact) mass is 197 g/mol. The first-order chi connectivity index (χ1) is 6.88. The standard InChI is InChI=1S/C11H19NO2/c1-5-13-7-10(1)12-4-2-11(8-12)3-6-14-9-11/h10H,1-9H2. The Bertz CT molecular complexity index is 207. The van der Waals surface area contributed by atoms with Crippen molar-refractivity contribution in [2.75, 3.05) is 39.5 Å². The van der Waals surface area contributed by atoms with Crippen molar-refractivity contribution in [1.82, 2.24) is 4.90 Å². The highest BCUT2D eigenvalue weighted by Crippen LogP contribution is 2.39. The van der Waals surface area contributed by atoms with Gasteiger partial charge < -0.3 is 9.47 Å². The number of nitrogens with zero attached hydrogens (tertiary/aromatic N) is 1. The fourth-order valence-corrected chi connectivity index (χ4v) is 3.06. The third-order valence-corrected chi connectivity index (χ3v) is 4.07. The molecule has 0 bridgehead atoms. The molecule has 3 aliphatic rings. The molecule has 3 aliphatic heterocycles. The molecule has 3 rings (SSSR count). The van der Waals surface area contributed by atoms with Crippen molar-refractivity contribution in [1.29, 1.82) is 0 Å². The predicted molar refractivity (Wildman–Crippen MR) is 53.3 cm³/mol. The van der Waals surface area contributed by atoms with Crippen LogP contribution in [0.2, 0.25) is 0 Å². The number of likely N-dealkylation sites (tertiary alicyclic amines) is 1. The maximum absolute atomic E-state index is 5.54. The highest BCUT2D eigenvalue weighted by molar-refractivity contribution is 4.95. The van der Waals surface area contributed by atoms with Crippen LogP contribution in [0.5, 0.6) is 0 Å². The second-order valence-corrected chi connectivity index (χ2v) is 5.04. The number of hydrogen-bond acceptors (Lipinski definition) is 3. The van der Waals surface area contributed by atoms with Crippen LogP contribution < -0.4 is 0 Å². The number of hydrogen-bond donors (Lipinski definition) is 0. The van der Waals surface area contributed by atoms with E-state index in [1.165, 1.54) is 32.4 Å². The minimum absolute atomic E-state index is 0.516. The second kappa shape index (κ2) is 3.47. The van der Waals surface area contributed by atoms with E-state index in [2.05, 4.69) is 4.90 Å². The van der Waals surface area contributed by atoms with Gasteiger partial charge in [0, 0.05) is 31.2 Å². The Hall–Kier alpha value is -0.120. The summed E-state index contributed by atoms with van der Waals surface area (Å²) in [7, 11) is 0. The highest BCUT2D eigenvalue weighted by atomic mass is 16.5. The van der Waals surface area contributed by atoms with Gasteiger partial charge in [-0.25, -0.2) is 0 Å². The minimum Gasteiger partial charge on any atom is -0.381 e. The van der Waals surface area contributed by atoms with E-state index in [1.807, 2.05) is 0 Å². The van der Waals surface area contributed by atoms with Crippen molar-refractivity contribution < 1.29 is 9.47 Å². The van der Waals surface area contributed by atoms with Gasteiger partial charge in [0.1, 0.15) is 0 Å². The molecule has 3 heterocycles. The molecular weight excluding hydrogens is 178 g/mol. The molecule has 2 unspecified atom stereocenters. The molecule has 14 heavy (non-hydrogen) atoms. The van der Waals surface area contributed by atoms with Gasteiger partial charge in [-0.1, -0.05) is 0 Å². The van der Waals surface area contributed by atoms with Crippen LogP contribution in [-0.4, -0.2) is 50.5 Å². The maximum atomic E-state index is 5.54. The smallest absolute Gasteiger partial charge is 0.0622 e. The van der Waals surface area contributed by atoms with E-state index in [0.29, 0.717) is 11.5 Å². The Morgan fingerprint density at radius 2 is 2.14 bits per heavy atom. The molecule has 0 N–H and O–H groups in total. The Kier molecular flexibility index (Phi) is 2.26. The van der Waals surface area contributed by atoms with E-state index in [4.69, 9.17) is 9.47 Å².